The molecule has 2 nitrogen and oxygen atoms in total. The lowest BCUT2D eigenvalue weighted by Gasteiger charge is -1.81. The third-order valence-corrected chi connectivity index (χ3v) is 1.32. The molecule has 2 heteroatoms. The van der Waals surface area contributed by atoms with Crippen molar-refractivity contribution in [3.05, 3.63) is 12.2 Å². The van der Waals surface area contributed by atoms with E-state index in [-0.39, 0.29) is 6.42 Å². The Balaban J connectivity index is 2.08. The second kappa shape index (κ2) is 2.67. The van der Waals surface area contributed by atoms with Gasteiger partial charge in [0, 0.05) is 0 Å². The molecule has 1 N–H and O–H groups in total. The standard InChI is InChI=1S/C7H10O2/c8-7(9)3-1-2-6-4-5-6/h1-2,6H,3-5H2,(H,8,9). The van der Waals surface area contributed by atoms with Gasteiger partial charge in [0.1, 0.15) is 0 Å². The second-order valence-electron chi connectivity index (χ2n) is 2.36. The molecule has 0 aromatic rings. The van der Waals surface area contributed by atoms with Crippen molar-refractivity contribution < 1.29 is 9.90 Å². The van der Waals surface area contributed by atoms with Crippen LogP contribution in [0.1, 0.15) is 19.3 Å². The van der Waals surface area contributed by atoms with E-state index in [1.54, 1.807) is 6.08 Å². The van der Waals surface area contributed by atoms with Crippen LogP contribution in [0.5, 0.6) is 0 Å². The normalized spacial score (nSPS) is 18.7. The summed E-state index contributed by atoms with van der Waals surface area (Å²) >= 11 is 0. The fourth-order valence-corrected chi connectivity index (χ4v) is 0.650. The minimum absolute atomic E-state index is 0.177. The molecule has 0 aromatic heterocycles. The number of hydrogen-bond donors (Lipinski definition) is 1. The minimum Gasteiger partial charge on any atom is -0.481 e. The van der Waals surface area contributed by atoms with E-state index in [0.29, 0.717) is 5.92 Å². The molecule has 0 bridgehead atoms. The molecule has 0 heterocycles. The maximum absolute atomic E-state index is 9.95. The highest BCUT2D eigenvalue weighted by Crippen LogP contribution is 2.29. The Kier molecular flexibility index (Phi) is 1.88. The lowest BCUT2D eigenvalue weighted by Crippen LogP contribution is -1.89. The van der Waals surface area contributed by atoms with Crippen LogP contribution in [0.4, 0.5) is 0 Å². The van der Waals surface area contributed by atoms with Crippen LogP contribution in [0.2, 0.25) is 0 Å². The molecule has 0 atom stereocenters. The molecule has 0 aromatic carbocycles. The Hall–Kier alpha value is -0.790. The lowest BCUT2D eigenvalue weighted by atomic mass is 10.3. The summed E-state index contributed by atoms with van der Waals surface area (Å²) in [7, 11) is 0. The summed E-state index contributed by atoms with van der Waals surface area (Å²) in [4.78, 5) is 9.95. The Morgan fingerprint density at radius 1 is 1.67 bits per heavy atom. The van der Waals surface area contributed by atoms with Crippen LogP contribution in [-0.4, -0.2) is 11.1 Å². The molecule has 0 spiro atoms. The Morgan fingerprint density at radius 2 is 2.33 bits per heavy atom. The molecular formula is C7H10O2. The van der Waals surface area contributed by atoms with Gasteiger partial charge in [-0.1, -0.05) is 12.2 Å². The van der Waals surface area contributed by atoms with Gasteiger partial charge < -0.3 is 5.11 Å². The van der Waals surface area contributed by atoms with Gasteiger partial charge in [-0.2, -0.15) is 0 Å². The molecule has 0 radical (unpaired) electrons. The number of carboxylic acid groups (broad SMARTS) is 1. The van der Waals surface area contributed by atoms with Crippen molar-refractivity contribution in [1.82, 2.24) is 0 Å². The predicted octanol–water partition coefficient (Wildman–Crippen LogP) is 1.43. The van der Waals surface area contributed by atoms with Crippen LogP contribution >= 0.6 is 0 Å². The van der Waals surface area contributed by atoms with Crippen molar-refractivity contribution in [1.29, 1.82) is 0 Å². The van der Waals surface area contributed by atoms with Gasteiger partial charge in [-0.25, -0.2) is 0 Å². The van der Waals surface area contributed by atoms with Gasteiger partial charge in [0.15, 0.2) is 0 Å². The molecule has 1 fully saturated rings. The number of rotatable bonds is 3. The van der Waals surface area contributed by atoms with Crippen LogP contribution in [0.25, 0.3) is 0 Å². The van der Waals surface area contributed by atoms with E-state index >= 15 is 0 Å². The number of aliphatic carboxylic acids is 1. The third kappa shape index (κ3) is 2.90. The van der Waals surface area contributed by atoms with Gasteiger partial charge in [0.2, 0.25) is 0 Å². The number of carboxylic acids is 1. The van der Waals surface area contributed by atoms with Gasteiger partial charge in [-0.3, -0.25) is 4.79 Å². The highest BCUT2D eigenvalue weighted by atomic mass is 16.4. The topological polar surface area (TPSA) is 37.3 Å². The maximum atomic E-state index is 9.95. The first-order valence-electron chi connectivity index (χ1n) is 3.17. The Morgan fingerprint density at radius 3 is 2.78 bits per heavy atom. The molecule has 0 aliphatic heterocycles. The van der Waals surface area contributed by atoms with E-state index in [0.717, 1.165) is 0 Å². The first-order chi connectivity index (χ1) is 4.29. The van der Waals surface area contributed by atoms with Crippen LogP contribution in [0, 0.1) is 5.92 Å². The van der Waals surface area contributed by atoms with E-state index < -0.39 is 5.97 Å². The lowest BCUT2D eigenvalue weighted by molar-refractivity contribution is -0.136. The van der Waals surface area contributed by atoms with Crippen LogP contribution in [-0.2, 0) is 4.79 Å². The molecule has 1 rings (SSSR count). The number of allylic oxidation sites excluding steroid dienone is 1. The zero-order valence-corrected chi connectivity index (χ0v) is 5.21. The van der Waals surface area contributed by atoms with Crippen molar-refractivity contribution in [2.75, 3.05) is 0 Å². The van der Waals surface area contributed by atoms with Crippen LogP contribution in [0.3, 0.4) is 0 Å². The average Bonchev–Trinajstić information content (AvgIpc) is 2.48. The molecule has 1 saturated carbocycles. The van der Waals surface area contributed by atoms with Crippen LogP contribution in [0.15, 0.2) is 12.2 Å². The first kappa shape index (κ1) is 6.33. The zero-order chi connectivity index (χ0) is 6.69. The van der Waals surface area contributed by atoms with Gasteiger partial charge in [0.05, 0.1) is 6.42 Å². The van der Waals surface area contributed by atoms with E-state index in [2.05, 4.69) is 0 Å². The minimum atomic E-state index is -0.744. The number of carbonyl (C=O) groups is 1. The molecule has 0 saturated heterocycles. The molecule has 9 heavy (non-hydrogen) atoms. The monoisotopic (exact) mass is 126 g/mol. The van der Waals surface area contributed by atoms with Crippen molar-refractivity contribution in [2.45, 2.75) is 19.3 Å². The molecule has 0 amide bonds. The summed E-state index contributed by atoms with van der Waals surface area (Å²) in [5.74, 6) is -0.0451. The Labute approximate surface area is 54.2 Å². The SMILES string of the molecule is O=C(O)CC=CC1CC1. The summed E-state index contributed by atoms with van der Waals surface area (Å²) in [5.41, 5.74) is 0. The van der Waals surface area contributed by atoms with Gasteiger partial charge in [0.25, 0.3) is 0 Å². The Bertz CT molecular complexity index is 134. The van der Waals surface area contributed by atoms with Crippen molar-refractivity contribution in [3.63, 3.8) is 0 Å². The third-order valence-electron chi connectivity index (χ3n) is 1.32. The van der Waals surface area contributed by atoms with Gasteiger partial charge in [-0.05, 0) is 18.8 Å². The van der Waals surface area contributed by atoms with E-state index in [9.17, 15) is 4.79 Å². The van der Waals surface area contributed by atoms with Crippen LogP contribution < -0.4 is 0 Å². The highest BCUT2D eigenvalue weighted by molar-refractivity contribution is 5.68. The molecule has 50 valence electrons. The quantitative estimate of drug-likeness (QED) is 0.581. The highest BCUT2D eigenvalue weighted by Gasteiger charge is 2.16. The van der Waals surface area contributed by atoms with Crippen molar-refractivity contribution in [2.24, 2.45) is 5.92 Å². The molecule has 0 unspecified atom stereocenters. The summed E-state index contributed by atoms with van der Waals surface area (Å²) in [5, 5.41) is 8.20. The molecular weight excluding hydrogens is 116 g/mol. The van der Waals surface area contributed by atoms with E-state index in [1.165, 1.54) is 12.8 Å². The summed E-state index contributed by atoms with van der Waals surface area (Å²) in [6.07, 6.45) is 6.40. The maximum Gasteiger partial charge on any atom is 0.307 e. The second-order valence-corrected chi connectivity index (χ2v) is 2.36. The van der Waals surface area contributed by atoms with E-state index in [4.69, 9.17) is 5.11 Å². The smallest absolute Gasteiger partial charge is 0.307 e. The fourth-order valence-electron chi connectivity index (χ4n) is 0.650. The molecule has 1 aliphatic carbocycles. The summed E-state index contributed by atoms with van der Waals surface area (Å²) in [6, 6.07) is 0. The van der Waals surface area contributed by atoms with E-state index in [1.807, 2.05) is 6.08 Å². The zero-order valence-electron chi connectivity index (χ0n) is 5.21. The number of hydrogen-bond acceptors (Lipinski definition) is 1. The summed E-state index contributed by atoms with van der Waals surface area (Å²) < 4.78 is 0. The van der Waals surface area contributed by atoms with Crippen molar-refractivity contribution >= 4 is 5.97 Å². The fraction of sp³-hybridized carbons (Fsp3) is 0.571. The summed E-state index contributed by atoms with van der Waals surface area (Å²) in [6.45, 7) is 0. The average molecular weight is 126 g/mol. The largest absolute Gasteiger partial charge is 0.481 e. The molecule has 1 aliphatic rings. The van der Waals surface area contributed by atoms with Crippen molar-refractivity contribution in [3.8, 4) is 0 Å². The van der Waals surface area contributed by atoms with Gasteiger partial charge >= 0.3 is 5.97 Å². The first-order valence-corrected chi connectivity index (χ1v) is 3.17. The predicted molar refractivity (Wildman–Crippen MR) is 34.1 cm³/mol. The van der Waals surface area contributed by atoms with Gasteiger partial charge in [-0.15, -0.1) is 0 Å².